The quantitative estimate of drug-likeness (QED) is 0.438. The molecular formula is C7H6BBrNO2. The van der Waals surface area contributed by atoms with E-state index in [4.69, 9.17) is 0 Å². The molecule has 0 unspecified atom stereocenters. The van der Waals surface area contributed by atoms with Crippen LogP contribution in [0.4, 0.5) is 5.69 Å². The molecule has 0 spiro atoms. The van der Waals surface area contributed by atoms with Gasteiger partial charge in [-0.15, -0.1) is 0 Å². The van der Waals surface area contributed by atoms with Gasteiger partial charge < -0.3 is 0 Å². The molecule has 0 heterocycles. The standard InChI is InChI=1S/C7H6BBrNO2/c1-8-6-3-2-5(9)4-7(6)10(11)12/h2-4H,1H3. The lowest BCUT2D eigenvalue weighted by Crippen LogP contribution is -2.15. The number of nitro groups is 1. The summed E-state index contributed by atoms with van der Waals surface area (Å²) in [6.07, 6.45) is 0. The smallest absolute Gasteiger partial charge is 0.258 e. The van der Waals surface area contributed by atoms with Crippen LogP contribution in [0, 0.1) is 10.1 Å². The third kappa shape index (κ3) is 1.85. The summed E-state index contributed by atoms with van der Waals surface area (Å²) >= 11 is 3.18. The monoisotopic (exact) mass is 226 g/mol. The van der Waals surface area contributed by atoms with Gasteiger partial charge in [-0.05, 0) is 11.5 Å². The fourth-order valence-corrected chi connectivity index (χ4v) is 1.27. The molecule has 0 saturated heterocycles. The number of nitrogens with zero attached hydrogens (tertiary/aromatic N) is 1. The van der Waals surface area contributed by atoms with Crippen LogP contribution in [0.25, 0.3) is 0 Å². The maximum absolute atomic E-state index is 10.5. The summed E-state index contributed by atoms with van der Waals surface area (Å²) in [6.45, 7) is 1.77. The molecule has 3 nitrogen and oxygen atoms in total. The molecule has 0 aliphatic carbocycles. The van der Waals surface area contributed by atoms with Crippen LogP contribution in [-0.2, 0) is 0 Å². The fraction of sp³-hybridized carbons (Fsp3) is 0.143. The lowest BCUT2D eigenvalue weighted by molar-refractivity contribution is -0.383. The van der Waals surface area contributed by atoms with Crippen LogP contribution >= 0.6 is 15.9 Å². The second-order valence-electron chi connectivity index (χ2n) is 2.25. The predicted octanol–water partition coefficient (Wildman–Crippen LogP) is 1.73. The molecule has 0 N–H and O–H groups in total. The summed E-state index contributed by atoms with van der Waals surface area (Å²) in [6, 6.07) is 4.99. The predicted molar refractivity (Wildman–Crippen MR) is 52.0 cm³/mol. The largest absolute Gasteiger partial charge is 0.264 e. The zero-order valence-electron chi connectivity index (χ0n) is 6.45. The zero-order chi connectivity index (χ0) is 9.14. The Balaban J connectivity index is 3.21. The third-order valence-electron chi connectivity index (χ3n) is 1.50. The van der Waals surface area contributed by atoms with E-state index in [9.17, 15) is 10.1 Å². The highest BCUT2D eigenvalue weighted by Gasteiger charge is 2.11. The van der Waals surface area contributed by atoms with Gasteiger partial charge in [0, 0.05) is 10.5 Å². The molecule has 0 atom stereocenters. The van der Waals surface area contributed by atoms with E-state index in [0.717, 1.165) is 4.47 Å². The van der Waals surface area contributed by atoms with Gasteiger partial charge in [-0.1, -0.05) is 28.8 Å². The molecule has 1 aromatic rings. The topological polar surface area (TPSA) is 43.1 Å². The van der Waals surface area contributed by atoms with Gasteiger partial charge in [-0.3, -0.25) is 10.1 Å². The first kappa shape index (κ1) is 9.25. The first-order chi connectivity index (χ1) is 5.65. The Morgan fingerprint density at radius 1 is 1.58 bits per heavy atom. The summed E-state index contributed by atoms with van der Waals surface area (Å²) in [5.41, 5.74) is 0.773. The van der Waals surface area contributed by atoms with E-state index in [1.54, 1.807) is 26.2 Å². The van der Waals surface area contributed by atoms with Crippen LogP contribution in [0.15, 0.2) is 22.7 Å². The molecule has 61 valence electrons. The van der Waals surface area contributed by atoms with Gasteiger partial charge >= 0.3 is 0 Å². The van der Waals surface area contributed by atoms with E-state index in [1.165, 1.54) is 6.07 Å². The first-order valence-corrected chi connectivity index (χ1v) is 4.17. The van der Waals surface area contributed by atoms with E-state index in [-0.39, 0.29) is 10.6 Å². The van der Waals surface area contributed by atoms with E-state index in [2.05, 4.69) is 15.9 Å². The van der Waals surface area contributed by atoms with Crippen LogP contribution in [-0.4, -0.2) is 12.2 Å². The van der Waals surface area contributed by atoms with Crippen LogP contribution in [0.3, 0.4) is 0 Å². The summed E-state index contributed by atoms with van der Waals surface area (Å²) in [5.74, 6) is 0. The normalized spacial score (nSPS) is 9.50. The van der Waals surface area contributed by atoms with Crippen molar-refractivity contribution in [2.24, 2.45) is 0 Å². The molecule has 1 radical (unpaired) electrons. The summed E-state index contributed by atoms with van der Waals surface area (Å²) in [7, 11) is 1.71. The Labute approximate surface area is 79.3 Å². The van der Waals surface area contributed by atoms with E-state index in [1.807, 2.05) is 0 Å². The molecule has 0 bridgehead atoms. The molecule has 0 saturated carbocycles. The van der Waals surface area contributed by atoms with Crippen LogP contribution < -0.4 is 5.46 Å². The van der Waals surface area contributed by atoms with Crippen molar-refractivity contribution in [2.75, 3.05) is 0 Å². The number of benzene rings is 1. The molecule has 0 aliphatic heterocycles. The molecule has 5 heteroatoms. The molecule has 12 heavy (non-hydrogen) atoms. The van der Waals surface area contributed by atoms with E-state index < -0.39 is 0 Å². The minimum absolute atomic E-state index is 0.131. The second-order valence-corrected chi connectivity index (χ2v) is 3.16. The number of rotatable bonds is 2. The molecule has 0 aliphatic rings. The van der Waals surface area contributed by atoms with Crippen molar-refractivity contribution in [3.05, 3.63) is 32.8 Å². The first-order valence-electron chi connectivity index (χ1n) is 3.38. The van der Waals surface area contributed by atoms with Crippen molar-refractivity contribution in [3.63, 3.8) is 0 Å². The van der Waals surface area contributed by atoms with E-state index in [0.29, 0.717) is 5.46 Å². The summed E-state index contributed by atoms with van der Waals surface area (Å²) in [5, 5.41) is 10.5. The Morgan fingerprint density at radius 3 is 2.75 bits per heavy atom. The Bertz CT molecular complexity index is 316. The molecule has 1 aromatic carbocycles. The Hall–Kier alpha value is -0.835. The van der Waals surface area contributed by atoms with Crippen molar-refractivity contribution in [1.29, 1.82) is 0 Å². The Kier molecular flexibility index (Phi) is 2.86. The number of nitro benzene ring substituents is 1. The minimum Gasteiger partial charge on any atom is -0.258 e. The van der Waals surface area contributed by atoms with Gasteiger partial charge in [0.05, 0.1) is 4.92 Å². The van der Waals surface area contributed by atoms with Crippen LogP contribution in [0.2, 0.25) is 6.82 Å². The second kappa shape index (κ2) is 3.71. The molecule has 1 rings (SSSR count). The highest BCUT2D eigenvalue weighted by Crippen LogP contribution is 2.15. The average Bonchev–Trinajstić information content (AvgIpc) is 2.04. The van der Waals surface area contributed by atoms with Crippen molar-refractivity contribution in [3.8, 4) is 0 Å². The Morgan fingerprint density at radius 2 is 2.25 bits per heavy atom. The maximum atomic E-state index is 10.5. The minimum atomic E-state index is -0.389. The lowest BCUT2D eigenvalue weighted by Gasteiger charge is -1.98. The number of halogens is 1. The van der Waals surface area contributed by atoms with Crippen LogP contribution in [0.5, 0.6) is 0 Å². The zero-order valence-corrected chi connectivity index (χ0v) is 8.04. The van der Waals surface area contributed by atoms with Gasteiger partial charge in [0.1, 0.15) is 0 Å². The van der Waals surface area contributed by atoms with Gasteiger partial charge in [-0.25, -0.2) is 0 Å². The van der Waals surface area contributed by atoms with Crippen LogP contribution in [0.1, 0.15) is 0 Å². The lowest BCUT2D eigenvalue weighted by atomic mass is 9.72. The van der Waals surface area contributed by atoms with Crippen molar-refractivity contribution < 1.29 is 4.92 Å². The van der Waals surface area contributed by atoms with Gasteiger partial charge in [0.2, 0.25) is 0 Å². The van der Waals surface area contributed by atoms with Crippen molar-refractivity contribution >= 4 is 34.4 Å². The highest BCUT2D eigenvalue weighted by atomic mass is 79.9. The van der Waals surface area contributed by atoms with Crippen molar-refractivity contribution in [2.45, 2.75) is 6.82 Å². The highest BCUT2D eigenvalue weighted by molar-refractivity contribution is 9.10. The summed E-state index contributed by atoms with van der Waals surface area (Å²) < 4.78 is 0.722. The van der Waals surface area contributed by atoms with E-state index >= 15 is 0 Å². The maximum Gasteiger partial charge on any atom is 0.264 e. The van der Waals surface area contributed by atoms with Gasteiger partial charge in [-0.2, -0.15) is 0 Å². The average molecular weight is 227 g/mol. The van der Waals surface area contributed by atoms with Gasteiger partial charge in [0.15, 0.2) is 7.28 Å². The number of hydrogen-bond donors (Lipinski definition) is 0. The molecule has 0 fully saturated rings. The van der Waals surface area contributed by atoms with Crippen molar-refractivity contribution in [1.82, 2.24) is 0 Å². The fourth-order valence-electron chi connectivity index (χ4n) is 0.919. The molecule has 0 aromatic heterocycles. The third-order valence-corrected chi connectivity index (χ3v) is 1.99. The number of hydrogen-bond acceptors (Lipinski definition) is 2. The molecule has 0 amide bonds. The summed E-state index contributed by atoms with van der Waals surface area (Å²) in [4.78, 5) is 10.1. The van der Waals surface area contributed by atoms with Gasteiger partial charge in [0.25, 0.3) is 5.69 Å². The SMILES string of the molecule is C[B]c1ccc(Br)cc1[N+](=O)[O-]. The molecular weight excluding hydrogens is 221 g/mol.